The van der Waals surface area contributed by atoms with Gasteiger partial charge in [0.25, 0.3) is 0 Å². The predicted octanol–water partition coefficient (Wildman–Crippen LogP) is 4.05. The molecule has 15 heavy (non-hydrogen) atoms. The monoisotopic (exact) mass is 344 g/mol. The molecule has 0 N–H and O–H groups in total. The van der Waals surface area contributed by atoms with Gasteiger partial charge in [-0.25, -0.2) is 0 Å². The quantitative estimate of drug-likeness (QED) is 0.357. The van der Waals surface area contributed by atoms with Crippen molar-refractivity contribution in [3.8, 4) is 0 Å². The van der Waals surface area contributed by atoms with Crippen LogP contribution in [0.25, 0.3) is 0 Å². The molecule has 0 aromatic carbocycles. The molecular formula is C11H25IO2Si. The van der Waals surface area contributed by atoms with Crippen molar-refractivity contribution in [3.05, 3.63) is 0 Å². The van der Waals surface area contributed by atoms with E-state index in [4.69, 9.17) is 8.85 Å². The van der Waals surface area contributed by atoms with Crippen LogP contribution in [0.4, 0.5) is 0 Å². The topological polar surface area (TPSA) is 18.5 Å². The summed E-state index contributed by atoms with van der Waals surface area (Å²) in [6.45, 7) is 10.2. The van der Waals surface area contributed by atoms with Crippen molar-refractivity contribution in [2.45, 2.75) is 56.5 Å². The second-order valence-corrected chi connectivity index (χ2v) is 9.73. The molecule has 0 aliphatic heterocycles. The molecule has 0 rings (SSSR count). The Balaban J connectivity index is 4.54. The number of halogens is 1. The summed E-state index contributed by atoms with van der Waals surface area (Å²) in [5.41, 5.74) is 0. The highest BCUT2D eigenvalue weighted by Crippen LogP contribution is 2.28. The van der Waals surface area contributed by atoms with Gasteiger partial charge in [0, 0.05) is 13.2 Å². The second kappa shape index (κ2) is 8.96. The van der Waals surface area contributed by atoms with Crippen LogP contribution in [0.15, 0.2) is 0 Å². The molecule has 1 unspecified atom stereocenters. The van der Waals surface area contributed by atoms with Crippen LogP contribution in [0, 0.1) is 0 Å². The van der Waals surface area contributed by atoms with Gasteiger partial charge >= 0.3 is 8.56 Å². The zero-order valence-electron chi connectivity index (χ0n) is 10.5. The van der Waals surface area contributed by atoms with Gasteiger partial charge in [0.15, 0.2) is 0 Å². The average molecular weight is 344 g/mol. The van der Waals surface area contributed by atoms with Gasteiger partial charge in [-0.2, -0.15) is 0 Å². The van der Waals surface area contributed by atoms with Gasteiger partial charge in [0.2, 0.25) is 0 Å². The minimum Gasteiger partial charge on any atom is -0.394 e. The van der Waals surface area contributed by atoms with Crippen LogP contribution in [-0.2, 0) is 8.85 Å². The van der Waals surface area contributed by atoms with E-state index in [1.54, 1.807) is 0 Å². The van der Waals surface area contributed by atoms with Gasteiger partial charge in [-0.05, 0) is 26.3 Å². The third-order valence-corrected chi connectivity index (χ3v) is 10.2. The van der Waals surface area contributed by atoms with Crippen molar-refractivity contribution in [2.75, 3.05) is 13.2 Å². The molecule has 4 heteroatoms. The van der Waals surface area contributed by atoms with E-state index < -0.39 is 8.56 Å². The Bertz CT molecular complexity index is 150. The van der Waals surface area contributed by atoms with Crippen LogP contribution in [0.1, 0.15) is 47.0 Å². The van der Waals surface area contributed by atoms with Gasteiger partial charge in [0.05, 0.1) is 3.55 Å². The average Bonchev–Trinajstić information content (AvgIpc) is 2.25. The van der Waals surface area contributed by atoms with E-state index in [0.717, 1.165) is 25.7 Å². The number of alkyl halides is 1. The molecule has 0 fully saturated rings. The molecule has 0 bridgehead atoms. The summed E-state index contributed by atoms with van der Waals surface area (Å²) >= 11 is 2.52. The van der Waals surface area contributed by atoms with Gasteiger partial charge in [-0.1, -0.05) is 49.3 Å². The van der Waals surface area contributed by atoms with Crippen LogP contribution < -0.4 is 0 Å². The van der Waals surface area contributed by atoms with Crippen LogP contribution in [0.5, 0.6) is 0 Å². The molecule has 1 atom stereocenters. The van der Waals surface area contributed by atoms with Gasteiger partial charge in [-0.3, -0.25) is 0 Å². The van der Waals surface area contributed by atoms with Crippen LogP contribution in [0.3, 0.4) is 0 Å². The Hall–Kier alpha value is 0.867. The minimum atomic E-state index is -1.93. The molecule has 0 amide bonds. The molecule has 0 aromatic rings. The summed E-state index contributed by atoms with van der Waals surface area (Å²) in [4.78, 5) is 0. The maximum absolute atomic E-state index is 6.03. The third-order valence-electron chi connectivity index (χ3n) is 2.49. The van der Waals surface area contributed by atoms with Crippen molar-refractivity contribution in [3.63, 3.8) is 0 Å². The molecule has 0 aromatic heterocycles. The summed E-state index contributed by atoms with van der Waals surface area (Å²) in [6.07, 6.45) is 3.60. The number of rotatable bonds is 9. The molecule has 0 spiro atoms. The van der Waals surface area contributed by atoms with E-state index in [0.29, 0.717) is 3.55 Å². The van der Waals surface area contributed by atoms with Gasteiger partial charge in [-0.15, -0.1) is 0 Å². The lowest BCUT2D eigenvalue weighted by atomic mass is 10.4. The van der Waals surface area contributed by atoms with E-state index in [1.807, 2.05) is 0 Å². The molecule has 0 radical (unpaired) electrons. The Morgan fingerprint density at radius 2 is 1.60 bits per heavy atom. The van der Waals surface area contributed by atoms with E-state index in [9.17, 15) is 0 Å². The van der Waals surface area contributed by atoms with Crippen LogP contribution in [-0.4, -0.2) is 25.3 Å². The van der Waals surface area contributed by atoms with E-state index in [1.165, 1.54) is 12.8 Å². The fraction of sp³-hybridized carbons (Fsp3) is 1.00. The Labute approximate surface area is 110 Å². The predicted molar refractivity (Wildman–Crippen MR) is 76.8 cm³/mol. The zero-order chi connectivity index (χ0) is 11.7. The lowest BCUT2D eigenvalue weighted by Gasteiger charge is -2.33. The highest BCUT2D eigenvalue weighted by molar-refractivity contribution is 14.1. The lowest BCUT2D eigenvalue weighted by Crippen LogP contribution is -2.50. The molecule has 0 aliphatic rings. The van der Waals surface area contributed by atoms with Crippen molar-refractivity contribution < 1.29 is 8.85 Å². The maximum atomic E-state index is 6.03. The Kier molecular flexibility index (Phi) is 9.47. The number of hydrogen-bond donors (Lipinski definition) is 0. The smallest absolute Gasteiger partial charge is 0.351 e. The molecule has 0 saturated carbocycles. The fourth-order valence-electron chi connectivity index (χ4n) is 1.75. The second-order valence-electron chi connectivity index (χ2n) is 3.66. The molecule has 0 saturated heterocycles. The maximum Gasteiger partial charge on any atom is 0.351 e. The normalized spacial score (nSPS) is 14.2. The summed E-state index contributed by atoms with van der Waals surface area (Å²) < 4.78 is 12.6. The van der Waals surface area contributed by atoms with Gasteiger partial charge in [0.1, 0.15) is 0 Å². The van der Waals surface area contributed by atoms with Crippen LogP contribution in [0.2, 0.25) is 6.04 Å². The largest absolute Gasteiger partial charge is 0.394 e. The first-order valence-electron chi connectivity index (χ1n) is 6.08. The highest BCUT2D eigenvalue weighted by Gasteiger charge is 2.42. The minimum absolute atomic E-state index is 0.571. The lowest BCUT2D eigenvalue weighted by molar-refractivity contribution is 0.180. The van der Waals surface area contributed by atoms with E-state index in [-0.39, 0.29) is 0 Å². The summed E-state index contributed by atoms with van der Waals surface area (Å²) in [5, 5.41) is 0. The Morgan fingerprint density at radius 1 is 1.07 bits per heavy atom. The zero-order valence-corrected chi connectivity index (χ0v) is 13.7. The molecular weight excluding hydrogens is 319 g/mol. The fourth-order valence-corrected chi connectivity index (χ4v) is 7.25. The van der Waals surface area contributed by atoms with Crippen molar-refractivity contribution >= 4 is 31.2 Å². The van der Waals surface area contributed by atoms with Gasteiger partial charge < -0.3 is 8.85 Å². The molecule has 0 heterocycles. The third kappa shape index (κ3) is 5.15. The SMILES string of the molecule is CCCC[Si](OCC)(OCC)C(I)CC. The highest BCUT2D eigenvalue weighted by atomic mass is 127. The first-order chi connectivity index (χ1) is 7.16. The van der Waals surface area contributed by atoms with E-state index >= 15 is 0 Å². The standard InChI is InChI=1S/C11H25IO2Si/c1-5-9-10-15(13-7-3,14-8-4)11(12)6-2/h11H,5-10H2,1-4H3. The summed E-state index contributed by atoms with van der Waals surface area (Å²) in [5.74, 6) is 0. The molecule has 0 aliphatic carbocycles. The van der Waals surface area contributed by atoms with Crippen LogP contribution >= 0.6 is 22.6 Å². The first kappa shape index (κ1) is 15.9. The van der Waals surface area contributed by atoms with Crippen molar-refractivity contribution in [2.24, 2.45) is 0 Å². The first-order valence-corrected chi connectivity index (χ1v) is 9.43. The summed E-state index contributed by atoms with van der Waals surface area (Å²) in [6, 6.07) is 1.15. The molecule has 2 nitrogen and oxygen atoms in total. The van der Waals surface area contributed by atoms with E-state index in [2.05, 4.69) is 50.3 Å². The molecule has 92 valence electrons. The number of unbranched alkanes of at least 4 members (excludes halogenated alkanes) is 1. The summed E-state index contributed by atoms with van der Waals surface area (Å²) in [7, 11) is -1.93. The van der Waals surface area contributed by atoms with Crippen molar-refractivity contribution in [1.82, 2.24) is 0 Å². The number of hydrogen-bond acceptors (Lipinski definition) is 2. The van der Waals surface area contributed by atoms with Crippen molar-refractivity contribution in [1.29, 1.82) is 0 Å². The Morgan fingerprint density at radius 3 is 1.93 bits per heavy atom.